The van der Waals surface area contributed by atoms with Gasteiger partial charge in [0.2, 0.25) is 5.95 Å². The first-order valence-electron chi connectivity index (χ1n) is 10.1. The van der Waals surface area contributed by atoms with Crippen molar-refractivity contribution < 1.29 is 9.47 Å². The molecule has 1 aromatic heterocycles. The fraction of sp³-hybridized carbons (Fsp3) is 0.120. The SMILES string of the molecule is COc1cc([C@H]2C=C(c3ccccc3)Nc3ncnn32)ccc1OCc1ccccc1. The van der Waals surface area contributed by atoms with Crippen LogP contribution in [0.3, 0.4) is 0 Å². The number of aromatic nitrogens is 3. The van der Waals surface area contributed by atoms with Gasteiger partial charge in [-0.3, -0.25) is 0 Å². The molecule has 4 aromatic rings. The van der Waals surface area contributed by atoms with E-state index in [1.165, 1.54) is 0 Å². The summed E-state index contributed by atoms with van der Waals surface area (Å²) in [6.45, 7) is 0.481. The third-order valence-corrected chi connectivity index (χ3v) is 5.26. The second-order valence-electron chi connectivity index (χ2n) is 7.23. The molecule has 3 aromatic carbocycles. The van der Waals surface area contributed by atoms with Crippen molar-refractivity contribution in [2.75, 3.05) is 12.4 Å². The molecule has 0 fully saturated rings. The Balaban J connectivity index is 1.46. The van der Waals surface area contributed by atoms with E-state index in [1.807, 2.05) is 71.4 Å². The Hall–Kier alpha value is -4.06. The van der Waals surface area contributed by atoms with Gasteiger partial charge in [0.15, 0.2) is 11.5 Å². The summed E-state index contributed by atoms with van der Waals surface area (Å²) in [6, 6.07) is 26.1. The van der Waals surface area contributed by atoms with Gasteiger partial charge < -0.3 is 14.8 Å². The molecule has 154 valence electrons. The molecule has 0 radical (unpaired) electrons. The van der Waals surface area contributed by atoms with Crippen molar-refractivity contribution in [1.29, 1.82) is 0 Å². The van der Waals surface area contributed by atoms with Crippen LogP contribution in [0.2, 0.25) is 0 Å². The van der Waals surface area contributed by atoms with Crippen LogP contribution in [0, 0.1) is 0 Å². The van der Waals surface area contributed by atoms with Crippen LogP contribution in [-0.4, -0.2) is 21.9 Å². The molecule has 0 unspecified atom stereocenters. The molecule has 0 aliphatic carbocycles. The smallest absolute Gasteiger partial charge is 0.226 e. The van der Waals surface area contributed by atoms with Gasteiger partial charge in [-0.1, -0.05) is 66.7 Å². The molecule has 0 amide bonds. The summed E-state index contributed by atoms with van der Waals surface area (Å²) in [5.41, 5.74) is 4.23. The highest BCUT2D eigenvalue weighted by Gasteiger charge is 2.24. The molecule has 0 spiro atoms. The van der Waals surface area contributed by atoms with Crippen molar-refractivity contribution in [3.8, 4) is 11.5 Å². The molecule has 31 heavy (non-hydrogen) atoms. The number of rotatable bonds is 6. The lowest BCUT2D eigenvalue weighted by Gasteiger charge is -2.25. The summed E-state index contributed by atoms with van der Waals surface area (Å²) in [4.78, 5) is 4.38. The summed E-state index contributed by atoms with van der Waals surface area (Å²) in [6.07, 6.45) is 3.71. The summed E-state index contributed by atoms with van der Waals surface area (Å²) in [5, 5.41) is 7.79. The molecular formula is C25H22N4O2. The van der Waals surface area contributed by atoms with Gasteiger partial charge in [-0.25, -0.2) is 4.68 Å². The highest BCUT2D eigenvalue weighted by molar-refractivity contribution is 5.77. The second-order valence-corrected chi connectivity index (χ2v) is 7.23. The van der Waals surface area contributed by atoms with E-state index in [2.05, 4.69) is 33.6 Å². The van der Waals surface area contributed by atoms with Gasteiger partial charge in [0, 0.05) is 5.70 Å². The highest BCUT2D eigenvalue weighted by Crippen LogP contribution is 2.36. The van der Waals surface area contributed by atoms with Crippen LogP contribution in [-0.2, 0) is 6.61 Å². The van der Waals surface area contributed by atoms with Gasteiger partial charge in [-0.2, -0.15) is 10.1 Å². The molecule has 1 aliphatic rings. The maximum Gasteiger partial charge on any atom is 0.226 e. The normalized spacial score (nSPS) is 14.9. The lowest BCUT2D eigenvalue weighted by molar-refractivity contribution is 0.284. The molecule has 5 rings (SSSR count). The lowest BCUT2D eigenvalue weighted by atomic mass is 10.0. The molecule has 0 saturated heterocycles. The Morgan fingerprint density at radius 1 is 0.935 bits per heavy atom. The van der Waals surface area contributed by atoms with Crippen LogP contribution in [0.5, 0.6) is 11.5 Å². The molecular weight excluding hydrogens is 388 g/mol. The number of benzene rings is 3. The van der Waals surface area contributed by atoms with E-state index >= 15 is 0 Å². The van der Waals surface area contributed by atoms with Gasteiger partial charge in [-0.15, -0.1) is 0 Å². The lowest BCUT2D eigenvalue weighted by Crippen LogP contribution is -2.20. The standard InChI is InChI=1S/C25H22N4O2/c1-30-24-14-20(12-13-23(24)31-16-18-8-4-2-5-9-18)22-15-21(19-10-6-3-7-11-19)28-25-26-17-27-29(22)25/h2-15,17,22H,16H2,1H3,(H,26,27,28)/t22-/m1/s1. The Morgan fingerprint density at radius 3 is 2.48 bits per heavy atom. The highest BCUT2D eigenvalue weighted by atomic mass is 16.5. The summed E-state index contributed by atoms with van der Waals surface area (Å²) >= 11 is 0. The first kappa shape index (κ1) is 18.9. The van der Waals surface area contributed by atoms with Gasteiger partial charge in [0.05, 0.1) is 7.11 Å². The number of fused-ring (bicyclic) bond motifs is 1. The fourth-order valence-electron chi connectivity index (χ4n) is 3.68. The van der Waals surface area contributed by atoms with E-state index < -0.39 is 0 Å². The van der Waals surface area contributed by atoms with E-state index in [1.54, 1.807) is 13.4 Å². The molecule has 2 heterocycles. The first-order valence-corrected chi connectivity index (χ1v) is 10.1. The topological polar surface area (TPSA) is 61.2 Å². The fourth-order valence-corrected chi connectivity index (χ4v) is 3.68. The van der Waals surface area contributed by atoms with Crippen LogP contribution >= 0.6 is 0 Å². The van der Waals surface area contributed by atoms with Crippen LogP contribution in [0.4, 0.5) is 5.95 Å². The van der Waals surface area contributed by atoms with E-state index in [-0.39, 0.29) is 6.04 Å². The Bertz CT molecular complexity index is 1200. The zero-order valence-corrected chi connectivity index (χ0v) is 17.1. The Kier molecular flexibility index (Phi) is 5.10. The number of hydrogen-bond acceptors (Lipinski definition) is 5. The number of anilines is 1. The number of hydrogen-bond donors (Lipinski definition) is 1. The zero-order valence-electron chi connectivity index (χ0n) is 17.1. The van der Waals surface area contributed by atoms with Gasteiger partial charge >= 0.3 is 0 Å². The maximum atomic E-state index is 6.01. The average Bonchev–Trinajstić information content (AvgIpc) is 3.32. The minimum Gasteiger partial charge on any atom is -0.493 e. The molecule has 1 aliphatic heterocycles. The second kappa shape index (κ2) is 8.36. The van der Waals surface area contributed by atoms with Crippen molar-refractivity contribution in [2.45, 2.75) is 12.6 Å². The number of allylic oxidation sites excluding steroid dienone is 1. The Morgan fingerprint density at radius 2 is 1.71 bits per heavy atom. The van der Waals surface area contributed by atoms with Crippen LogP contribution < -0.4 is 14.8 Å². The van der Waals surface area contributed by atoms with Crippen molar-refractivity contribution in [1.82, 2.24) is 14.8 Å². The van der Waals surface area contributed by atoms with Crippen LogP contribution in [0.15, 0.2) is 91.3 Å². The van der Waals surface area contributed by atoms with Gasteiger partial charge in [0.25, 0.3) is 0 Å². The van der Waals surface area contributed by atoms with E-state index in [0.29, 0.717) is 24.1 Å². The van der Waals surface area contributed by atoms with Crippen LogP contribution in [0.25, 0.3) is 5.70 Å². The zero-order chi connectivity index (χ0) is 21.0. The van der Waals surface area contributed by atoms with Crippen molar-refractivity contribution in [3.05, 3.63) is 108 Å². The molecule has 1 atom stereocenters. The van der Waals surface area contributed by atoms with Crippen molar-refractivity contribution in [3.63, 3.8) is 0 Å². The van der Waals surface area contributed by atoms with Crippen molar-refractivity contribution in [2.24, 2.45) is 0 Å². The summed E-state index contributed by atoms with van der Waals surface area (Å²) in [7, 11) is 1.66. The predicted octanol–water partition coefficient (Wildman–Crippen LogP) is 4.92. The minimum atomic E-state index is -0.119. The molecule has 0 saturated carbocycles. The Labute approximate surface area is 180 Å². The largest absolute Gasteiger partial charge is 0.493 e. The third kappa shape index (κ3) is 3.88. The molecule has 0 bridgehead atoms. The monoisotopic (exact) mass is 410 g/mol. The number of methoxy groups -OCH3 is 1. The minimum absolute atomic E-state index is 0.119. The van der Waals surface area contributed by atoms with Crippen molar-refractivity contribution >= 4 is 11.6 Å². The third-order valence-electron chi connectivity index (χ3n) is 5.26. The number of nitrogens with zero attached hydrogens (tertiary/aromatic N) is 3. The quantitative estimate of drug-likeness (QED) is 0.489. The van der Waals surface area contributed by atoms with Gasteiger partial charge in [0.1, 0.15) is 19.0 Å². The number of nitrogens with one attached hydrogen (secondary N) is 1. The maximum absolute atomic E-state index is 6.01. The van der Waals surface area contributed by atoms with Gasteiger partial charge in [-0.05, 0) is 34.9 Å². The van der Waals surface area contributed by atoms with E-state index in [9.17, 15) is 0 Å². The van der Waals surface area contributed by atoms with E-state index in [4.69, 9.17) is 9.47 Å². The van der Waals surface area contributed by atoms with E-state index in [0.717, 1.165) is 22.4 Å². The predicted molar refractivity (Wildman–Crippen MR) is 120 cm³/mol. The summed E-state index contributed by atoms with van der Waals surface area (Å²) in [5.74, 6) is 2.09. The number of ether oxygens (including phenoxy) is 2. The average molecular weight is 410 g/mol. The molecule has 6 heteroatoms. The molecule has 6 nitrogen and oxygen atoms in total. The van der Waals surface area contributed by atoms with Crippen LogP contribution in [0.1, 0.15) is 22.7 Å². The first-order chi connectivity index (χ1) is 15.3. The molecule has 1 N–H and O–H groups in total. The summed E-state index contributed by atoms with van der Waals surface area (Å²) < 4.78 is 13.5.